The van der Waals surface area contributed by atoms with Gasteiger partial charge >= 0.3 is 0 Å². The van der Waals surface area contributed by atoms with Gasteiger partial charge in [-0.2, -0.15) is 4.98 Å². The number of alkyl halides is 1. The van der Waals surface area contributed by atoms with E-state index in [0.717, 1.165) is 10.7 Å². The molecule has 0 saturated heterocycles. The first kappa shape index (κ1) is 12.9. The van der Waals surface area contributed by atoms with Crippen LogP contribution in [0.2, 0.25) is 5.02 Å². The topological polar surface area (TPSA) is 26.5 Å². The van der Waals surface area contributed by atoms with Gasteiger partial charge in [0, 0.05) is 16.9 Å². The van der Waals surface area contributed by atoms with Crippen LogP contribution in [-0.4, -0.2) is 9.38 Å². The summed E-state index contributed by atoms with van der Waals surface area (Å²) in [6.45, 7) is 0. The Balaban J connectivity index is 2.05. The van der Waals surface area contributed by atoms with Crippen LogP contribution in [0.15, 0.2) is 29.8 Å². The summed E-state index contributed by atoms with van der Waals surface area (Å²) in [5.41, 5.74) is 0.829. The predicted octanol–water partition coefficient (Wildman–Crippen LogP) is 4.88. The molecule has 0 N–H and O–H groups in total. The first-order chi connectivity index (χ1) is 9.20. The van der Waals surface area contributed by atoms with E-state index in [0.29, 0.717) is 11.2 Å². The minimum absolute atomic E-state index is 0.0268. The molecule has 0 bridgehead atoms. The largest absolute Gasteiger partial charge is 0.434 e. The fourth-order valence-corrected chi connectivity index (χ4v) is 3.08. The summed E-state index contributed by atoms with van der Waals surface area (Å²) in [4.78, 5) is 5.13. The Morgan fingerprint density at radius 2 is 2.32 bits per heavy atom. The molecule has 0 unspecified atom stereocenters. The van der Waals surface area contributed by atoms with Crippen LogP contribution in [0.5, 0.6) is 11.6 Å². The summed E-state index contributed by atoms with van der Waals surface area (Å²) in [5, 5.41) is 2.51. The molecular weight excluding hydrogens is 355 g/mol. The van der Waals surface area contributed by atoms with Crippen LogP contribution in [0, 0.1) is 5.82 Å². The number of aromatic nitrogens is 2. The van der Waals surface area contributed by atoms with Gasteiger partial charge in [-0.25, -0.2) is 4.39 Å². The lowest BCUT2D eigenvalue weighted by Gasteiger charge is -2.06. The molecule has 0 amide bonds. The molecular formula is C12H7BrClFN2OS. The molecule has 0 aliphatic carbocycles. The number of fused-ring (bicyclic) bond motifs is 1. The Morgan fingerprint density at radius 1 is 1.47 bits per heavy atom. The molecule has 3 aromatic rings. The van der Waals surface area contributed by atoms with E-state index in [1.165, 1.54) is 23.5 Å². The molecule has 0 atom stereocenters. The minimum atomic E-state index is -0.582. The third-order valence-electron chi connectivity index (χ3n) is 2.57. The zero-order chi connectivity index (χ0) is 13.4. The maximum atomic E-state index is 13.8. The molecule has 0 aliphatic rings. The number of benzene rings is 1. The Kier molecular flexibility index (Phi) is 3.47. The number of nitrogens with zero attached hydrogens (tertiary/aromatic N) is 2. The number of imidazole rings is 1. The lowest BCUT2D eigenvalue weighted by Crippen LogP contribution is -1.93. The number of rotatable bonds is 3. The van der Waals surface area contributed by atoms with Crippen molar-refractivity contribution in [2.24, 2.45) is 0 Å². The number of ether oxygens (including phenoxy) is 1. The van der Waals surface area contributed by atoms with E-state index in [9.17, 15) is 4.39 Å². The molecule has 0 fully saturated rings. The van der Waals surface area contributed by atoms with Crippen molar-refractivity contribution in [1.82, 2.24) is 9.38 Å². The van der Waals surface area contributed by atoms with Crippen LogP contribution in [-0.2, 0) is 5.33 Å². The van der Waals surface area contributed by atoms with Crippen molar-refractivity contribution in [2.45, 2.75) is 5.33 Å². The second-order valence-electron chi connectivity index (χ2n) is 3.71. The van der Waals surface area contributed by atoms with Crippen LogP contribution in [0.3, 0.4) is 0 Å². The molecule has 19 heavy (non-hydrogen) atoms. The van der Waals surface area contributed by atoms with Crippen molar-refractivity contribution >= 4 is 43.8 Å². The van der Waals surface area contributed by atoms with Crippen molar-refractivity contribution in [2.75, 3.05) is 0 Å². The third kappa shape index (κ3) is 2.24. The van der Waals surface area contributed by atoms with Crippen LogP contribution in [0.4, 0.5) is 4.39 Å². The fraction of sp³-hybridized carbons (Fsp3) is 0.0833. The van der Waals surface area contributed by atoms with Crippen molar-refractivity contribution in [3.63, 3.8) is 0 Å². The molecule has 0 radical (unpaired) electrons. The highest BCUT2D eigenvalue weighted by atomic mass is 79.9. The van der Waals surface area contributed by atoms with E-state index in [-0.39, 0.29) is 10.8 Å². The Morgan fingerprint density at radius 3 is 3.11 bits per heavy atom. The van der Waals surface area contributed by atoms with Gasteiger partial charge in [0.15, 0.2) is 16.5 Å². The van der Waals surface area contributed by atoms with Gasteiger partial charge in [0.1, 0.15) is 0 Å². The maximum absolute atomic E-state index is 13.8. The molecule has 0 aliphatic heterocycles. The average Bonchev–Trinajstić information content (AvgIpc) is 2.95. The van der Waals surface area contributed by atoms with E-state index in [4.69, 9.17) is 16.3 Å². The van der Waals surface area contributed by atoms with Crippen LogP contribution < -0.4 is 4.74 Å². The summed E-state index contributed by atoms with van der Waals surface area (Å²) in [6.07, 6.45) is 1.89. The minimum Gasteiger partial charge on any atom is -0.434 e. The van der Waals surface area contributed by atoms with Crippen LogP contribution in [0.25, 0.3) is 4.96 Å². The summed E-state index contributed by atoms with van der Waals surface area (Å²) in [7, 11) is 0. The first-order valence-electron chi connectivity index (χ1n) is 5.33. The molecule has 2 aromatic heterocycles. The lowest BCUT2D eigenvalue weighted by molar-refractivity contribution is 0.427. The number of halogens is 3. The zero-order valence-electron chi connectivity index (χ0n) is 9.44. The lowest BCUT2D eigenvalue weighted by atomic mass is 10.3. The molecule has 3 nitrogen and oxygen atoms in total. The highest BCUT2D eigenvalue weighted by Gasteiger charge is 2.16. The van der Waals surface area contributed by atoms with Gasteiger partial charge in [0.2, 0.25) is 5.88 Å². The summed E-state index contributed by atoms with van der Waals surface area (Å²) < 4.78 is 21.2. The van der Waals surface area contributed by atoms with E-state index in [2.05, 4.69) is 20.9 Å². The first-order valence-corrected chi connectivity index (χ1v) is 7.71. The molecule has 1 aromatic carbocycles. The highest BCUT2D eigenvalue weighted by molar-refractivity contribution is 9.08. The monoisotopic (exact) mass is 360 g/mol. The quantitative estimate of drug-likeness (QED) is 0.622. The van der Waals surface area contributed by atoms with Gasteiger partial charge in [-0.1, -0.05) is 33.6 Å². The average molecular weight is 362 g/mol. The number of hydrogen-bond donors (Lipinski definition) is 0. The fourth-order valence-electron chi connectivity index (χ4n) is 1.68. The molecule has 0 saturated carbocycles. The second-order valence-corrected chi connectivity index (χ2v) is 5.55. The Hall–Kier alpha value is -1.11. The van der Waals surface area contributed by atoms with Crippen molar-refractivity contribution in [3.8, 4) is 11.6 Å². The van der Waals surface area contributed by atoms with Crippen molar-refractivity contribution in [1.29, 1.82) is 0 Å². The molecule has 98 valence electrons. The van der Waals surface area contributed by atoms with E-state index in [1.807, 2.05) is 16.0 Å². The predicted molar refractivity (Wildman–Crippen MR) is 77.2 cm³/mol. The van der Waals surface area contributed by atoms with Crippen molar-refractivity contribution in [3.05, 3.63) is 46.3 Å². The molecule has 3 rings (SSSR count). The number of hydrogen-bond acceptors (Lipinski definition) is 3. The number of thiazole rings is 1. The molecule has 7 heteroatoms. The molecule has 0 spiro atoms. The summed E-state index contributed by atoms with van der Waals surface area (Å²) >= 11 is 10.6. The SMILES string of the molecule is Fc1c(Cl)cccc1Oc1nc2sccn2c1CBr. The Labute approximate surface area is 125 Å². The van der Waals surface area contributed by atoms with Gasteiger partial charge in [0.25, 0.3) is 0 Å². The second kappa shape index (κ2) is 5.11. The summed E-state index contributed by atoms with van der Waals surface area (Å²) in [6, 6.07) is 4.63. The van der Waals surface area contributed by atoms with Gasteiger partial charge in [-0.3, -0.25) is 4.40 Å². The van der Waals surface area contributed by atoms with Gasteiger partial charge < -0.3 is 4.74 Å². The van der Waals surface area contributed by atoms with Crippen LogP contribution >= 0.6 is 38.9 Å². The smallest absolute Gasteiger partial charge is 0.243 e. The third-order valence-corrected chi connectivity index (χ3v) is 4.15. The van der Waals surface area contributed by atoms with Gasteiger partial charge in [-0.15, -0.1) is 11.3 Å². The molecule has 2 heterocycles. The maximum Gasteiger partial charge on any atom is 0.243 e. The Bertz CT molecular complexity index is 742. The van der Waals surface area contributed by atoms with E-state index in [1.54, 1.807) is 6.07 Å². The van der Waals surface area contributed by atoms with Crippen LogP contribution in [0.1, 0.15) is 5.69 Å². The standard InChI is InChI=1S/C12H7BrClFN2OS/c13-6-8-11(16-12-17(8)4-5-19-12)18-9-3-1-2-7(14)10(9)15/h1-5H,6H2. The van der Waals surface area contributed by atoms with E-state index >= 15 is 0 Å². The zero-order valence-corrected chi connectivity index (χ0v) is 12.6. The van der Waals surface area contributed by atoms with Crippen molar-refractivity contribution < 1.29 is 9.13 Å². The summed E-state index contributed by atoms with van der Waals surface area (Å²) in [5.74, 6) is -0.133. The highest BCUT2D eigenvalue weighted by Crippen LogP contribution is 2.32. The van der Waals surface area contributed by atoms with Gasteiger partial charge in [-0.05, 0) is 12.1 Å². The van der Waals surface area contributed by atoms with E-state index < -0.39 is 5.82 Å². The van der Waals surface area contributed by atoms with Gasteiger partial charge in [0.05, 0.1) is 10.7 Å². The normalized spacial score (nSPS) is 11.1.